The van der Waals surface area contributed by atoms with Gasteiger partial charge in [0, 0.05) is 6.54 Å². The minimum absolute atomic E-state index is 0. The molecule has 1 saturated heterocycles. The summed E-state index contributed by atoms with van der Waals surface area (Å²) in [5.41, 5.74) is 1.06. The molecule has 0 unspecified atom stereocenters. The van der Waals surface area contributed by atoms with Crippen LogP contribution in [-0.2, 0) is 10.0 Å². The number of sulfonamides is 1. The smallest absolute Gasteiger partial charge is 0.240 e. The lowest BCUT2D eigenvalue weighted by Crippen LogP contribution is -2.42. The zero-order valence-corrected chi connectivity index (χ0v) is 14.5. The molecule has 122 valence electrons. The van der Waals surface area contributed by atoms with E-state index in [2.05, 4.69) is 17.0 Å². The van der Waals surface area contributed by atoms with Crippen molar-refractivity contribution in [1.29, 1.82) is 5.26 Å². The van der Waals surface area contributed by atoms with Crippen LogP contribution in [0.4, 0.5) is 0 Å². The van der Waals surface area contributed by atoms with E-state index in [0.717, 1.165) is 25.9 Å². The molecule has 2 N–H and O–H groups in total. The molecule has 0 radical (unpaired) electrons. The molecule has 1 aliphatic rings. The summed E-state index contributed by atoms with van der Waals surface area (Å²) in [7, 11) is -3.53. The van der Waals surface area contributed by atoms with Crippen LogP contribution in [-0.4, -0.2) is 28.1 Å². The average Bonchev–Trinajstić information content (AvgIpc) is 2.46. The molecular weight excluding hydrogens is 322 g/mol. The maximum absolute atomic E-state index is 12.4. The summed E-state index contributed by atoms with van der Waals surface area (Å²) < 4.78 is 27.6. The van der Waals surface area contributed by atoms with Gasteiger partial charge in [-0.3, -0.25) is 0 Å². The summed E-state index contributed by atoms with van der Waals surface area (Å²) in [5.74, 6) is 0. The summed E-state index contributed by atoms with van der Waals surface area (Å²) in [6, 6.07) is 6.65. The van der Waals surface area contributed by atoms with E-state index in [0.29, 0.717) is 17.7 Å². The van der Waals surface area contributed by atoms with Crippen molar-refractivity contribution in [2.24, 2.45) is 5.41 Å². The average molecular weight is 344 g/mol. The minimum atomic E-state index is -3.53. The van der Waals surface area contributed by atoms with Gasteiger partial charge in [-0.05, 0) is 62.0 Å². The number of piperidine rings is 1. The second kappa shape index (κ2) is 7.42. The Morgan fingerprint density at radius 3 is 2.55 bits per heavy atom. The van der Waals surface area contributed by atoms with Crippen LogP contribution in [0.3, 0.4) is 0 Å². The Balaban J connectivity index is 0.00000242. The fourth-order valence-corrected chi connectivity index (χ4v) is 4.00. The number of nitriles is 1. The normalized spacial score (nSPS) is 17.3. The fourth-order valence-electron chi connectivity index (χ4n) is 2.57. The van der Waals surface area contributed by atoms with Crippen molar-refractivity contribution < 1.29 is 8.42 Å². The Hall–Kier alpha value is -1.13. The van der Waals surface area contributed by atoms with Crippen molar-refractivity contribution in [2.45, 2.75) is 31.6 Å². The van der Waals surface area contributed by atoms with Crippen LogP contribution in [0.2, 0.25) is 0 Å². The van der Waals surface area contributed by atoms with Gasteiger partial charge in [-0.25, -0.2) is 13.1 Å². The van der Waals surface area contributed by atoms with Gasteiger partial charge in [0.2, 0.25) is 10.0 Å². The molecule has 0 aliphatic carbocycles. The molecule has 1 aliphatic heterocycles. The maximum Gasteiger partial charge on any atom is 0.240 e. The lowest BCUT2D eigenvalue weighted by molar-refractivity contribution is 0.232. The van der Waals surface area contributed by atoms with E-state index < -0.39 is 10.0 Å². The van der Waals surface area contributed by atoms with Gasteiger partial charge >= 0.3 is 0 Å². The number of halogens is 1. The van der Waals surface area contributed by atoms with E-state index in [1.165, 1.54) is 12.1 Å². The molecular formula is C15H22ClN3O2S. The number of aryl methyl sites for hydroxylation is 1. The third-order valence-corrected chi connectivity index (χ3v) is 5.65. The van der Waals surface area contributed by atoms with E-state index in [4.69, 9.17) is 5.26 Å². The Labute approximate surface area is 138 Å². The molecule has 0 atom stereocenters. The highest BCUT2D eigenvalue weighted by Gasteiger charge is 2.29. The van der Waals surface area contributed by atoms with Crippen molar-refractivity contribution in [3.8, 4) is 6.07 Å². The number of benzene rings is 1. The monoisotopic (exact) mass is 343 g/mol. The molecule has 0 aromatic heterocycles. The van der Waals surface area contributed by atoms with Gasteiger partial charge in [-0.2, -0.15) is 5.26 Å². The molecule has 1 aromatic carbocycles. The molecule has 7 heteroatoms. The molecule has 0 saturated carbocycles. The Bertz CT molecular complexity index is 662. The minimum Gasteiger partial charge on any atom is -0.317 e. The van der Waals surface area contributed by atoms with E-state index in [-0.39, 0.29) is 22.7 Å². The lowest BCUT2D eigenvalue weighted by atomic mass is 9.81. The van der Waals surface area contributed by atoms with Crippen LogP contribution in [0.15, 0.2) is 23.1 Å². The van der Waals surface area contributed by atoms with E-state index in [9.17, 15) is 8.42 Å². The van der Waals surface area contributed by atoms with Crippen LogP contribution < -0.4 is 10.0 Å². The predicted molar refractivity (Wildman–Crippen MR) is 88.5 cm³/mol. The molecule has 1 heterocycles. The van der Waals surface area contributed by atoms with Gasteiger partial charge in [0.15, 0.2) is 0 Å². The van der Waals surface area contributed by atoms with Gasteiger partial charge in [0.1, 0.15) is 0 Å². The Morgan fingerprint density at radius 1 is 1.36 bits per heavy atom. The van der Waals surface area contributed by atoms with Crippen LogP contribution in [0.1, 0.15) is 30.9 Å². The van der Waals surface area contributed by atoms with E-state index >= 15 is 0 Å². The second-order valence-corrected chi connectivity index (χ2v) is 7.71. The number of hydrogen-bond donors (Lipinski definition) is 2. The molecule has 1 fully saturated rings. The number of rotatable bonds is 4. The largest absolute Gasteiger partial charge is 0.317 e. The van der Waals surface area contributed by atoms with Gasteiger partial charge in [0.05, 0.1) is 16.5 Å². The number of hydrogen-bond acceptors (Lipinski definition) is 4. The summed E-state index contributed by atoms with van der Waals surface area (Å²) in [6.45, 7) is 6.11. The van der Waals surface area contributed by atoms with Gasteiger partial charge in [-0.1, -0.05) is 6.92 Å². The highest BCUT2D eigenvalue weighted by Crippen LogP contribution is 2.27. The Morgan fingerprint density at radius 2 is 2.00 bits per heavy atom. The van der Waals surface area contributed by atoms with Crippen LogP contribution >= 0.6 is 12.4 Å². The van der Waals surface area contributed by atoms with E-state index in [1.54, 1.807) is 13.0 Å². The first-order valence-electron chi connectivity index (χ1n) is 7.07. The fraction of sp³-hybridized carbons (Fsp3) is 0.533. The lowest BCUT2D eigenvalue weighted by Gasteiger charge is -2.34. The van der Waals surface area contributed by atoms with Crippen molar-refractivity contribution in [3.63, 3.8) is 0 Å². The van der Waals surface area contributed by atoms with Gasteiger partial charge in [-0.15, -0.1) is 12.4 Å². The van der Waals surface area contributed by atoms with Crippen molar-refractivity contribution >= 4 is 22.4 Å². The molecule has 1 aromatic rings. The highest BCUT2D eigenvalue weighted by atomic mass is 35.5. The van der Waals surface area contributed by atoms with Crippen LogP contribution in [0.5, 0.6) is 0 Å². The zero-order chi connectivity index (χ0) is 15.5. The third kappa shape index (κ3) is 4.43. The number of nitrogens with one attached hydrogen (secondary N) is 2. The first-order valence-corrected chi connectivity index (χ1v) is 8.56. The van der Waals surface area contributed by atoms with Gasteiger partial charge in [0.25, 0.3) is 0 Å². The predicted octanol–water partition coefficient (Wildman–Crippen LogP) is 1.96. The standard InChI is InChI=1S/C15H21N3O2S.ClH/c1-12-9-13(10-16)3-4-14(12)21(19,20)18-11-15(2)5-7-17-8-6-15;/h3-4,9,17-18H,5-8,11H2,1-2H3;1H. The van der Waals surface area contributed by atoms with Crippen LogP contribution in [0.25, 0.3) is 0 Å². The molecule has 0 bridgehead atoms. The van der Waals surface area contributed by atoms with E-state index in [1.807, 2.05) is 6.07 Å². The topological polar surface area (TPSA) is 82.0 Å². The summed E-state index contributed by atoms with van der Waals surface area (Å²) >= 11 is 0. The molecule has 5 nitrogen and oxygen atoms in total. The first kappa shape index (κ1) is 18.9. The summed E-state index contributed by atoms with van der Waals surface area (Å²) in [6.07, 6.45) is 1.92. The highest BCUT2D eigenvalue weighted by molar-refractivity contribution is 7.89. The van der Waals surface area contributed by atoms with Crippen molar-refractivity contribution in [2.75, 3.05) is 19.6 Å². The summed E-state index contributed by atoms with van der Waals surface area (Å²) in [5, 5.41) is 12.1. The van der Waals surface area contributed by atoms with Gasteiger partial charge < -0.3 is 5.32 Å². The first-order chi connectivity index (χ1) is 9.86. The molecule has 0 spiro atoms. The number of nitrogens with zero attached hydrogens (tertiary/aromatic N) is 1. The quantitative estimate of drug-likeness (QED) is 0.875. The SMILES string of the molecule is Cc1cc(C#N)ccc1S(=O)(=O)NCC1(C)CCNCC1.Cl. The molecule has 22 heavy (non-hydrogen) atoms. The van der Waals surface area contributed by atoms with Crippen molar-refractivity contribution in [1.82, 2.24) is 10.0 Å². The molecule has 0 amide bonds. The second-order valence-electron chi connectivity index (χ2n) is 5.98. The molecule has 2 rings (SSSR count). The Kier molecular flexibility index (Phi) is 6.38. The van der Waals surface area contributed by atoms with Crippen LogP contribution in [0, 0.1) is 23.7 Å². The summed E-state index contributed by atoms with van der Waals surface area (Å²) in [4.78, 5) is 0.249. The van der Waals surface area contributed by atoms with Crippen molar-refractivity contribution in [3.05, 3.63) is 29.3 Å². The zero-order valence-electron chi connectivity index (χ0n) is 12.8. The maximum atomic E-state index is 12.4. The third-order valence-electron chi connectivity index (χ3n) is 4.09.